The van der Waals surface area contributed by atoms with Crippen LogP contribution in [0.1, 0.15) is 32.4 Å². The molecule has 0 unspecified atom stereocenters. The molecule has 1 aliphatic rings. The highest BCUT2D eigenvalue weighted by molar-refractivity contribution is 8.00. The number of nitrogens with zero attached hydrogens (tertiary/aromatic N) is 4. The molecule has 0 aliphatic carbocycles. The standard InChI is InChI=1S/C19H26ClN5OS/c1-13-5-6-15(12-21-13)22-18(26)25-9-7-14(8-10-25)19(2,3)27-17-11-16(20)23-24(17)4/h5-6,11-12,14H,7-10H2,1-4H3,(H,22,26). The number of urea groups is 1. The highest BCUT2D eigenvalue weighted by Gasteiger charge is 2.35. The highest BCUT2D eigenvalue weighted by atomic mass is 35.5. The molecule has 2 aromatic heterocycles. The van der Waals surface area contributed by atoms with Gasteiger partial charge in [-0.25, -0.2) is 4.79 Å². The van der Waals surface area contributed by atoms with E-state index < -0.39 is 0 Å². The number of rotatable bonds is 4. The van der Waals surface area contributed by atoms with Crippen LogP contribution in [-0.2, 0) is 7.05 Å². The number of pyridine rings is 1. The minimum atomic E-state index is -0.0528. The fourth-order valence-electron chi connectivity index (χ4n) is 3.39. The van der Waals surface area contributed by atoms with Crippen LogP contribution >= 0.6 is 23.4 Å². The van der Waals surface area contributed by atoms with Crippen LogP contribution in [0.4, 0.5) is 10.5 Å². The van der Waals surface area contributed by atoms with E-state index in [2.05, 4.69) is 29.2 Å². The van der Waals surface area contributed by atoms with Crippen molar-refractivity contribution in [2.24, 2.45) is 13.0 Å². The van der Waals surface area contributed by atoms with E-state index in [1.807, 2.05) is 41.8 Å². The number of aromatic nitrogens is 3. The van der Waals surface area contributed by atoms with E-state index in [-0.39, 0.29) is 10.8 Å². The van der Waals surface area contributed by atoms with Crippen molar-refractivity contribution < 1.29 is 4.79 Å². The Morgan fingerprint density at radius 2 is 2.04 bits per heavy atom. The summed E-state index contributed by atoms with van der Waals surface area (Å²) in [5, 5.41) is 8.74. The zero-order valence-corrected chi connectivity index (χ0v) is 17.8. The summed E-state index contributed by atoms with van der Waals surface area (Å²) >= 11 is 7.81. The number of carbonyl (C=O) groups is 1. The summed E-state index contributed by atoms with van der Waals surface area (Å²) in [7, 11) is 1.91. The van der Waals surface area contributed by atoms with Gasteiger partial charge in [0.2, 0.25) is 0 Å². The van der Waals surface area contributed by atoms with E-state index in [0.29, 0.717) is 11.1 Å². The Hall–Kier alpha value is -1.73. The molecule has 0 spiro atoms. The first-order chi connectivity index (χ1) is 12.7. The van der Waals surface area contributed by atoms with Crippen molar-refractivity contribution in [2.45, 2.75) is 43.4 Å². The first-order valence-electron chi connectivity index (χ1n) is 9.12. The third-order valence-electron chi connectivity index (χ3n) is 5.10. The van der Waals surface area contributed by atoms with Crippen LogP contribution in [0.15, 0.2) is 29.4 Å². The molecule has 3 rings (SSSR count). The summed E-state index contributed by atoms with van der Waals surface area (Å²) in [4.78, 5) is 18.6. The molecule has 0 radical (unpaired) electrons. The Balaban J connectivity index is 1.55. The van der Waals surface area contributed by atoms with Crippen molar-refractivity contribution in [2.75, 3.05) is 18.4 Å². The molecule has 1 fully saturated rings. The molecule has 1 aliphatic heterocycles. The van der Waals surface area contributed by atoms with Gasteiger partial charge in [-0.15, -0.1) is 11.8 Å². The molecule has 0 atom stereocenters. The molecule has 2 aromatic rings. The van der Waals surface area contributed by atoms with Crippen molar-refractivity contribution >= 4 is 35.1 Å². The summed E-state index contributed by atoms with van der Waals surface area (Å²) in [5.74, 6) is 0.515. The maximum atomic E-state index is 12.5. The van der Waals surface area contributed by atoms with Gasteiger partial charge in [0.25, 0.3) is 0 Å². The first kappa shape index (κ1) is 20.0. The van der Waals surface area contributed by atoms with Gasteiger partial charge in [-0.3, -0.25) is 9.67 Å². The van der Waals surface area contributed by atoms with Gasteiger partial charge in [0, 0.05) is 36.6 Å². The number of hydrogen-bond acceptors (Lipinski definition) is 4. The van der Waals surface area contributed by atoms with E-state index in [1.54, 1.807) is 18.0 Å². The molecular formula is C19H26ClN5OS. The highest BCUT2D eigenvalue weighted by Crippen LogP contribution is 2.42. The van der Waals surface area contributed by atoms with Crippen molar-refractivity contribution in [3.05, 3.63) is 35.2 Å². The molecule has 0 aromatic carbocycles. The lowest BCUT2D eigenvalue weighted by molar-refractivity contribution is 0.173. The molecule has 0 bridgehead atoms. The Labute approximate surface area is 169 Å². The van der Waals surface area contributed by atoms with Crippen LogP contribution < -0.4 is 5.32 Å². The topological polar surface area (TPSA) is 63.1 Å². The predicted molar refractivity (Wildman–Crippen MR) is 110 cm³/mol. The minimum absolute atomic E-state index is 0.0422. The second-order valence-electron chi connectivity index (χ2n) is 7.51. The van der Waals surface area contributed by atoms with E-state index in [0.717, 1.165) is 42.3 Å². The largest absolute Gasteiger partial charge is 0.325 e. The number of halogens is 1. The normalized spacial score (nSPS) is 15.8. The smallest absolute Gasteiger partial charge is 0.321 e. The summed E-state index contributed by atoms with van der Waals surface area (Å²) in [6.45, 7) is 7.96. The van der Waals surface area contributed by atoms with Crippen LogP contribution in [0.5, 0.6) is 0 Å². The molecule has 8 heteroatoms. The van der Waals surface area contributed by atoms with E-state index in [4.69, 9.17) is 11.6 Å². The van der Waals surface area contributed by atoms with Gasteiger partial charge in [-0.2, -0.15) is 5.10 Å². The molecular weight excluding hydrogens is 382 g/mol. The number of carbonyl (C=O) groups excluding carboxylic acids is 1. The Morgan fingerprint density at radius 1 is 1.33 bits per heavy atom. The SMILES string of the molecule is Cc1ccc(NC(=O)N2CCC(C(C)(C)Sc3cc(Cl)nn3C)CC2)cn1. The maximum absolute atomic E-state index is 12.5. The number of aryl methyl sites for hydroxylation is 2. The number of anilines is 1. The number of piperidine rings is 1. The maximum Gasteiger partial charge on any atom is 0.321 e. The van der Waals surface area contributed by atoms with Gasteiger partial charge in [-0.05, 0) is 37.8 Å². The average Bonchev–Trinajstić information content (AvgIpc) is 2.93. The monoisotopic (exact) mass is 407 g/mol. The van der Waals surface area contributed by atoms with Crippen molar-refractivity contribution in [1.82, 2.24) is 19.7 Å². The lowest BCUT2D eigenvalue weighted by Gasteiger charge is -2.40. The molecule has 1 N–H and O–H groups in total. The Bertz CT molecular complexity index is 797. The summed E-state index contributed by atoms with van der Waals surface area (Å²) < 4.78 is 1.87. The van der Waals surface area contributed by atoms with Gasteiger partial charge in [0.1, 0.15) is 0 Å². The van der Waals surface area contributed by atoms with Gasteiger partial charge >= 0.3 is 6.03 Å². The summed E-state index contributed by atoms with van der Waals surface area (Å²) in [5.41, 5.74) is 1.67. The van der Waals surface area contributed by atoms with Gasteiger partial charge in [-0.1, -0.05) is 25.4 Å². The number of nitrogens with one attached hydrogen (secondary N) is 1. The molecule has 3 heterocycles. The molecule has 146 valence electrons. The van der Waals surface area contributed by atoms with E-state index in [9.17, 15) is 4.79 Å². The molecule has 1 saturated heterocycles. The van der Waals surface area contributed by atoms with Crippen LogP contribution in [-0.4, -0.2) is 43.5 Å². The first-order valence-corrected chi connectivity index (χ1v) is 10.3. The molecule has 0 saturated carbocycles. The van der Waals surface area contributed by atoms with Crippen molar-refractivity contribution in [3.8, 4) is 0 Å². The van der Waals surface area contributed by atoms with E-state index in [1.165, 1.54) is 0 Å². The fourth-order valence-corrected chi connectivity index (χ4v) is 4.95. The number of likely N-dealkylation sites (tertiary alicyclic amines) is 1. The Morgan fingerprint density at radius 3 is 2.59 bits per heavy atom. The van der Waals surface area contributed by atoms with Gasteiger partial charge in [0.15, 0.2) is 5.15 Å². The van der Waals surface area contributed by atoms with Crippen molar-refractivity contribution in [1.29, 1.82) is 0 Å². The van der Waals surface area contributed by atoms with Gasteiger partial charge in [0.05, 0.1) is 16.9 Å². The molecule has 2 amide bonds. The quantitative estimate of drug-likeness (QED) is 0.752. The summed E-state index contributed by atoms with van der Waals surface area (Å²) in [6, 6.07) is 5.63. The number of hydrogen-bond donors (Lipinski definition) is 1. The number of thioether (sulfide) groups is 1. The van der Waals surface area contributed by atoms with E-state index >= 15 is 0 Å². The van der Waals surface area contributed by atoms with Crippen LogP contribution in [0.2, 0.25) is 5.15 Å². The zero-order valence-electron chi connectivity index (χ0n) is 16.2. The summed E-state index contributed by atoms with van der Waals surface area (Å²) in [6.07, 6.45) is 3.65. The fraction of sp³-hybridized carbons (Fsp3) is 0.526. The minimum Gasteiger partial charge on any atom is -0.325 e. The van der Waals surface area contributed by atoms with Crippen LogP contribution in [0, 0.1) is 12.8 Å². The van der Waals surface area contributed by atoms with Crippen LogP contribution in [0.25, 0.3) is 0 Å². The molecule has 27 heavy (non-hydrogen) atoms. The Kier molecular flexibility index (Phi) is 6.01. The van der Waals surface area contributed by atoms with Gasteiger partial charge < -0.3 is 10.2 Å². The average molecular weight is 408 g/mol. The molecule has 6 nitrogen and oxygen atoms in total. The second-order valence-corrected chi connectivity index (χ2v) is 9.58. The second kappa shape index (κ2) is 8.10. The van der Waals surface area contributed by atoms with Crippen LogP contribution in [0.3, 0.4) is 0 Å². The lowest BCUT2D eigenvalue weighted by atomic mass is 9.86. The third kappa shape index (κ3) is 4.96. The lowest BCUT2D eigenvalue weighted by Crippen LogP contribution is -2.44. The zero-order chi connectivity index (χ0) is 19.6. The number of amides is 2. The predicted octanol–water partition coefficient (Wildman–Crippen LogP) is 4.59. The third-order valence-corrected chi connectivity index (χ3v) is 6.74. The van der Waals surface area contributed by atoms with Crippen molar-refractivity contribution in [3.63, 3.8) is 0 Å².